The van der Waals surface area contributed by atoms with Gasteiger partial charge in [-0.3, -0.25) is 4.79 Å². The number of nitrogens with one attached hydrogen (secondary N) is 2. The highest BCUT2D eigenvalue weighted by molar-refractivity contribution is 5.80. The van der Waals surface area contributed by atoms with Crippen LogP contribution in [0, 0.1) is 5.92 Å². The molecule has 0 bridgehead atoms. The maximum absolute atomic E-state index is 11.3. The van der Waals surface area contributed by atoms with Crippen molar-refractivity contribution < 1.29 is 4.79 Å². The van der Waals surface area contributed by atoms with E-state index in [-0.39, 0.29) is 17.9 Å². The summed E-state index contributed by atoms with van der Waals surface area (Å²) < 4.78 is 0. The lowest BCUT2D eigenvalue weighted by Crippen LogP contribution is -2.49. The smallest absolute Gasteiger partial charge is 0.234 e. The van der Waals surface area contributed by atoms with Gasteiger partial charge in [0, 0.05) is 12.1 Å². The minimum Gasteiger partial charge on any atom is -0.368 e. The van der Waals surface area contributed by atoms with Crippen LogP contribution in [0.1, 0.15) is 40.0 Å². The van der Waals surface area contributed by atoms with Crippen molar-refractivity contribution in [2.75, 3.05) is 6.54 Å². The zero-order chi connectivity index (χ0) is 12.1. The van der Waals surface area contributed by atoms with Crippen LogP contribution in [0.2, 0.25) is 0 Å². The van der Waals surface area contributed by atoms with Crippen molar-refractivity contribution in [2.45, 2.75) is 58.2 Å². The van der Waals surface area contributed by atoms with Crippen LogP contribution in [-0.2, 0) is 4.79 Å². The van der Waals surface area contributed by atoms with Crippen molar-refractivity contribution in [3.63, 3.8) is 0 Å². The molecule has 0 saturated carbocycles. The maximum atomic E-state index is 11.3. The molecule has 0 spiro atoms. The predicted molar refractivity (Wildman–Crippen MR) is 66.1 cm³/mol. The molecule has 1 saturated heterocycles. The summed E-state index contributed by atoms with van der Waals surface area (Å²) in [6.45, 7) is 7.28. The Balaban J connectivity index is 2.35. The molecule has 0 aromatic carbocycles. The topological polar surface area (TPSA) is 67.2 Å². The lowest BCUT2D eigenvalue weighted by Gasteiger charge is -2.25. The summed E-state index contributed by atoms with van der Waals surface area (Å²) in [7, 11) is 0. The van der Waals surface area contributed by atoms with Gasteiger partial charge in [0.15, 0.2) is 0 Å². The van der Waals surface area contributed by atoms with Gasteiger partial charge >= 0.3 is 0 Å². The molecule has 4 nitrogen and oxygen atoms in total. The quantitative estimate of drug-likeness (QED) is 0.623. The van der Waals surface area contributed by atoms with Gasteiger partial charge in [0.05, 0.1) is 6.04 Å². The number of hydrogen-bond donors (Lipinski definition) is 3. The Labute approximate surface area is 98.3 Å². The first kappa shape index (κ1) is 13.5. The zero-order valence-electron chi connectivity index (χ0n) is 10.6. The van der Waals surface area contributed by atoms with E-state index >= 15 is 0 Å². The molecule has 16 heavy (non-hydrogen) atoms. The monoisotopic (exact) mass is 227 g/mol. The third kappa shape index (κ3) is 4.10. The molecule has 1 fully saturated rings. The van der Waals surface area contributed by atoms with E-state index in [0.717, 1.165) is 13.0 Å². The zero-order valence-corrected chi connectivity index (χ0v) is 10.6. The molecule has 94 valence electrons. The molecule has 1 aliphatic heterocycles. The number of hydrogen-bond acceptors (Lipinski definition) is 3. The summed E-state index contributed by atoms with van der Waals surface area (Å²) in [5.74, 6) is -0.00211. The Bertz CT molecular complexity index is 224. The Hall–Kier alpha value is -0.610. The fraction of sp³-hybridized carbons (Fsp3) is 0.917. The van der Waals surface area contributed by atoms with Gasteiger partial charge in [0.2, 0.25) is 5.91 Å². The second-order valence-electron chi connectivity index (χ2n) is 5.22. The third-order valence-corrected chi connectivity index (χ3v) is 3.24. The van der Waals surface area contributed by atoms with Gasteiger partial charge in [-0.2, -0.15) is 0 Å². The summed E-state index contributed by atoms with van der Waals surface area (Å²) in [6.07, 6.45) is 3.58. The number of amides is 1. The predicted octanol–water partition coefficient (Wildman–Crippen LogP) is 0.617. The third-order valence-electron chi connectivity index (χ3n) is 3.24. The number of carbonyl (C=O) groups is 1. The molecular formula is C12H25N3O. The minimum atomic E-state index is -0.249. The Kier molecular flexibility index (Phi) is 5.22. The molecule has 1 heterocycles. The molecule has 3 unspecified atom stereocenters. The molecule has 4 heteroatoms. The van der Waals surface area contributed by atoms with Crippen LogP contribution in [0.3, 0.4) is 0 Å². The van der Waals surface area contributed by atoms with Crippen LogP contribution in [0.5, 0.6) is 0 Å². The fourth-order valence-electron chi connectivity index (χ4n) is 2.36. The van der Waals surface area contributed by atoms with E-state index < -0.39 is 0 Å². The number of rotatable bonds is 6. The van der Waals surface area contributed by atoms with Crippen molar-refractivity contribution in [2.24, 2.45) is 11.7 Å². The van der Waals surface area contributed by atoms with E-state index in [0.29, 0.717) is 12.1 Å². The molecule has 0 radical (unpaired) electrons. The van der Waals surface area contributed by atoms with Gasteiger partial charge < -0.3 is 16.4 Å². The van der Waals surface area contributed by atoms with Gasteiger partial charge in [0.25, 0.3) is 0 Å². The summed E-state index contributed by atoms with van der Waals surface area (Å²) >= 11 is 0. The minimum absolute atomic E-state index is 0.212. The number of carbonyl (C=O) groups excluding carboxylic acids is 1. The molecule has 0 aromatic heterocycles. The molecule has 0 aromatic rings. The summed E-state index contributed by atoms with van der Waals surface area (Å²) in [5, 5.41) is 6.79. The highest BCUT2D eigenvalue weighted by Crippen LogP contribution is 2.12. The first-order valence-corrected chi connectivity index (χ1v) is 6.29. The SMILES string of the molecule is CC(CC1CCCN1)NC(C(N)=O)C(C)C. The van der Waals surface area contributed by atoms with Gasteiger partial charge in [-0.05, 0) is 38.6 Å². The van der Waals surface area contributed by atoms with E-state index in [2.05, 4.69) is 17.6 Å². The van der Waals surface area contributed by atoms with Crippen LogP contribution in [-0.4, -0.2) is 30.6 Å². The maximum Gasteiger partial charge on any atom is 0.234 e. The van der Waals surface area contributed by atoms with E-state index in [1.807, 2.05) is 13.8 Å². The van der Waals surface area contributed by atoms with Crippen LogP contribution < -0.4 is 16.4 Å². The van der Waals surface area contributed by atoms with Crippen LogP contribution in [0.4, 0.5) is 0 Å². The average molecular weight is 227 g/mol. The van der Waals surface area contributed by atoms with Gasteiger partial charge in [-0.1, -0.05) is 13.8 Å². The van der Waals surface area contributed by atoms with Gasteiger partial charge in [-0.15, -0.1) is 0 Å². The Morgan fingerprint density at radius 3 is 2.62 bits per heavy atom. The molecule has 3 atom stereocenters. The van der Waals surface area contributed by atoms with Crippen molar-refractivity contribution in [3.05, 3.63) is 0 Å². The average Bonchev–Trinajstić information content (AvgIpc) is 2.65. The van der Waals surface area contributed by atoms with Crippen LogP contribution >= 0.6 is 0 Å². The molecule has 1 amide bonds. The molecule has 1 aliphatic rings. The van der Waals surface area contributed by atoms with Crippen molar-refractivity contribution in [1.82, 2.24) is 10.6 Å². The first-order chi connectivity index (χ1) is 7.50. The lowest BCUT2D eigenvalue weighted by molar-refractivity contribution is -0.121. The van der Waals surface area contributed by atoms with Crippen LogP contribution in [0.25, 0.3) is 0 Å². The van der Waals surface area contributed by atoms with Crippen molar-refractivity contribution >= 4 is 5.91 Å². The largest absolute Gasteiger partial charge is 0.368 e. The van der Waals surface area contributed by atoms with Crippen molar-refractivity contribution in [3.8, 4) is 0 Å². The van der Waals surface area contributed by atoms with Crippen molar-refractivity contribution in [1.29, 1.82) is 0 Å². The van der Waals surface area contributed by atoms with E-state index in [4.69, 9.17) is 5.73 Å². The Morgan fingerprint density at radius 2 is 2.19 bits per heavy atom. The van der Waals surface area contributed by atoms with E-state index in [9.17, 15) is 4.79 Å². The summed E-state index contributed by atoms with van der Waals surface area (Å²) in [5.41, 5.74) is 5.38. The normalized spacial score (nSPS) is 24.6. The van der Waals surface area contributed by atoms with Crippen LogP contribution in [0.15, 0.2) is 0 Å². The van der Waals surface area contributed by atoms with E-state index in [1.54, 1.807) is 0 Å². The summed E-state index contributed by atoms with van der Waals surface area (Å²) in [4.78, 5) is 11.3. The lowest BCUT2D eigenvalue weighted by atomic mass is 10.0. The van der Waals surface area contributed by atoms with Gasteiger partial charge in [0.1, 0.15) is 0 Å². The fourth-order valence-corrected chi connectivity index (χ4v) is 2.36. The summed E-state index contributed by atoms with van der Waals surface area (Å²) in [6, 6.07) is 0.718. The standard InChI is InChI=1S/C12H25N3O/c1-8(2)11(12(13)16)15-9(3)7-10-5-4-6-14-10/h8-11,14-15H,4-7H2,1-3H3,(H2,13,16). The Morgan fingerprint density at radius 1 is 1.50 bits per heavy atom. The first-order valence-electron chi connectivity index (χ1n) is 6.29. The molecule has 0 aliphatic carbocycles. The second-order valence-corrected chi connectivity index (χ2v) is 5.22. The second kappa shape index (κ2) is 6.21. The highest BCUT2D eigenvalue weighted by Gasteiger charge is 2.23. The molecule has 4 N–H and O–H groups in total. The van der Waals surface area contributed by atoms with E-state index in [1.165, 1.54) is 12.8 Å². The molecule has 1 rings (SSSR count). The number of nitrogens with two attached hydrogens (primary N) is 1. The highest BCUT2D eigenvalue weighted by atomic mass is 16.1. The number of primary amides is 1. The molecular weight excluding hydrogens is 202 g/mol. The van der Waals surface area contributed by atoms with Gasteiger partial charge in [-0.25, -0.2) is 0 Å².